The number of rotatable bonds is 5. The molecule has 0 aliphatic carbocycles. The molecule has 0 radical (unpaired) electrons. The van der Waals surface area contributed by atoms with Crippen LogP contribution >= 0.6 is 0 Å². The second-order valence-electron chi connectivity index (χ2n) is 4.25. The van der Waals surface area contributed by atoms with Crippen LogP contribution in [0.3, 0.4) is 0 Å². The van der Waals surface area contributed by atoms with E-state index in [1.165, 1.54) is 6.20 Å². The first kappa shape index (κ1) is 12.0. The summed E-state index contributed by atoms with van der Waals surface area (Å²) >= 11 is 0. The van der Waals surface area contributed by atoms with Crippen molar-refractivity contribution in [2.75, 3.05) is 6.58 Å². The van der Waals surface area contributed by atoms with E-state index in [2.05, 4.69) is 4.98 Å². The summed E-state index contributed by atoms with van der Waals surface area (Å²) in [5, 5.41) is 0. The number of esters is 1. The molecule has 0 amide bonds. The van der Waals surface area contributed by atoms with Gasteiger partial charge in [-0.25, -0.2) is 9.78 Å². The summed E-state index contributed by atoms with van der Waals surface area (Å²) in [6.45, 7) is 2.96. The highest BCUT2D eigenvalue weighted by molar-refractivity contribution is 5.87. The number of benzene rings is 1. The summed E-state index contributed by atoms with van der Waals surface area (Å²) < 4.78 is 14.3. The Morgan fingerprint density at radius 3 is 2.89 bits per heavy atom. The van der Waals surface area contributed by atoms with E-state index >= 15 is 0 Å². The number of carbonyl (C=O) groups excluding carboxylic acids is 1. The van der Waals surface area contributed by atoms with Crippen LogP contribution in [0.5, 0.6) is 0 Å². The van der Waals surface area contributed by atoms with Gasteiger partial charge in [0.05, 0.1) is 26.5 Å². The third-order valence-corrected chi connectivity index (χ3v) is 2.93. The predicted molar refractivity (Wildman–Crippen MR) is 73.1 cm³/mol. The molecule has 19 heavy (non-hydrogen) atoms. The van der Waals surface area contributed by atoms with Crippen LogP contribution in [0.1, 0.15) is 43.7 Å². The van der Waals surface area contributed by atoms with E-state index in [1.54, 1.807) is 17.8 Å². The van der Waals surface area contributed by atoms with Crippen molar-refractivity contribution in [2.45, 2.75) is 26.3 Å². The summed E-state index contributed by atoms with van der Waals surface area (Å²) in [7, 11) is 0. The fourth-order valence-corrected chi connectivity index (χ4v) is 1.88. The Morgan fingerprint density at radius 1 is 1.47 bits per heavy atom. The molecule has 100 valence electrons. The van der Waals surface area contributed by atoms with Gasteiger partial charge in [0.15, 0.2) is 0 Å². The van der Waals surface area contributed by atoms with Crippen LogP contribution < -0.4 is 0 Å². The highest BCUT2D eigenvalue weighted by Gasteiger charge is 2.17. The van der Waals surface area contributed by atoms with Crippen molar-refractivity contribution in [1.29, 1.82) is 0 Å². The topological polar surface area (TPSA) is 44.1 Å². The maximum atomic E-state index is 12.0. The molecule has 4 nitrogen and oxygen atoms in total. The second-order valence-corrected chi connectivity index (χ2v) is 4.25. The van der Waals surface area contributed by atoms with E-state index in [-0.39, 0.29) is 6.04 Å². The maximum absolute atomic E-state index is 12.0. The lowest BCUT2D eigenvalue weighted by molar-refractivity contribution is 0.0491. The van der Waals surface area contributed by atoms with Gasteiger partial charge in [-0.05, 0) is 18.9 Å². The first-order valence-electron chi connectivity index (χ1n) is 6.91. The minimum absolute atomic E-state index is 0.0212. The number of carbonyl (C=O) groups is 1. The van der Waals surface area contributed by atoms with Gasteiger partial charge in [0, 0.05) is 0 Å². The molecule has 0 bridgehead atoms. The zero-order chi connectivity index (χ0) is 14.5. The highest BCUT2D eigenvalue weighted by atomic mass is 16.5. The number of ether oxygens (including phenoxy) is 1. The van der Waals surface area contributed by atoms with Crippen LogP contribution in [0.15, 0.2) is 42.9 Å². The minimum Gasteiger partial charge on any atom is -0.461 e. The van der Waals surface area contributed by atoms with Crippen LogP contribution in [-0.4, -0.2) is 22.1 Å². The quantitative estimate of drug-likeness (QED) is 0.775. The normalized spacial score (nSPS) is 14.5. The van der Waals surface area contributed by atoms with Crippen LogP contribution in [0.2, 0.25) is 0 Å². The Balaban J connectivity index is 2.22. The Hall–Kier alpha value is -2.10. The largest absolute Gasteiger partial charge is 0.461 e. The third kappa shape index (κ3) is 3.02. The molecule has 0 aliphatic heterocycles. The van der Waals surface area contributed by atoms with E-state index < -0.39 is 12.6 Å². The number of nitrogens with zero attached hydrogens (tertiary/aromatic N) is 2. The molecule has 0 aliphatic rings. The van der Waals surface area contributed by atoms with Crippen molar-refractivity contribution in [3.05, 3.63) is 54.1 Å². The Kier molecular flexibility index (Phi) is 3.89. The van der Waals surface area contributed by atoms with Crippen molar-refractivity contribution in [2.24, 2.45) is 0 Å². The van der Waals surface area contributed by atoms with Crippen molar-refractivity contribution >= 4 is 5.97 Å². The van der Waals surface area contributed by atoms with Gasteiger partial charge in [0.1, 0.15) is 5.69 Å². The van der Waals surface area contributed by atoms with E-state index in [9.17, 15) is 4.79 Å². The minimum atomic E-state index is -0.835. The summed E-state index contributed by atoms with van der Waals surface area (Å²) in [4.78, 5) is 16.1. The van der Waals surface area contributed by atoms with Crippen molar-refractivity contribution < 1.29 is 10.9 Å². The van der Waals surface area contributed by atoms with Gasteiger partial charge in [0.25, 0.3) is 0 Å². The SMILES string of the molecule is [2H]C(CC)OC(=O)c1cncn1C(C)c1ccccc1. The molecule has 0 spiro atoms. The Labute approximate surface area is 114 Å². The van der Waals surface area contributed by atoms with Gasteiger partial charge in [-0.1, -0.05) is 37.3 Å². The molecule has 2 unspecified atom stereocenters. The molecule has 2 aromatic rings. The van der Waals surface area contributed by atoms with Gasteiger partial charge < -0.3 is 9.30 Å². The molecule has 1 aromatic carbocycles. The average molecular weight is 259 g/mol. The van der Waals surface area contributed by atoms with E-state index in [1.807, 2.05) is 37.3 Å². The Morgan fingerprint density at radius 2 is 2.21 bits per heavy atom. The number of hydrogen-bond acceptors (Lipinski definition) is 3. The van der Waals surface area contributed by atoms with Crippen LogP contribution in [0, 0.1) is 0 Å². The van der Waals surface area contributed by atoms with Gasteiger partial charge >= 0.3 is 5.97 Å². The Bertz CT molecular complexity index is 568. The average Bonchev–Trinajstić information content (AvgIpc) is 2.96. The fraction of sp³-hybridized carbons (Fsp3) is 0.333. The lowest BCUT2D eigenvalue weighted by Crippen LogP contribution is -2.15. The summed E-state index contributed by atoms with van der Waals surface area (Å²) in [6.07, 6.45) is 3.55. The molecule has 0 saturated heterocycles. The first-order chi connectivity index (χ1) is 9.63. The van der Waals surface area contributed by atoms with Gasteiger partial charge in [0.2, 0.25) is 0 Å². The van der Waals surface area contributed by atoms with Crippen LogP contribution in [0.4, 0.5) is 0 Å². The molecule has 0 N–H and O–H groups in total. The molecule has 0 saturated carbocycles. The monoisotopic (exact) mass is 259 g/mol. The predicted octanol–water partition coefficient (Wildman–Crippen LogP) is 3.06. The zero-order valence-electron chi connectivity index (χ0n) is 12.1. The van der Waals surface area contributed by atoms with E-state index in [4.69, 9.17) is 6.11 Å². The fourth-order valence-electron chi connectivity index (χ4n) is 1.88. The lowest BCUT2D eigenvalue weighted by atomic mass is 10.1. The van der Waals surface area contributed by atoms with Gasteiger partial charge in [-0.2, -0.15) is 0 Å². The number of aromatic nitrogens is 2. The molecule has 2 atom stereocenters. The third-order valence-electron chi connectivity index (χ3n) is 2.93. The lowest BCUT2D eigenvalue weighted by Gasteiger charge is -2.16. The van der Waals surface area contributed by atoms with Gasteiger partial charge in [-0.15, -0.1) is 0 Å². The smallest absolute Gasteiger partial charge is 0.356 e. The van der Waals surface area contributed by atoms with Crippen molar-refractivity contribution in [1.82, 2.24) is 9.55 Å². The first-order valence-corrected chi connectivity index (χ1v) is 6.33. The standard InChI is InChI=1S/C15H18N2O2/c1-3-9-19-15(18)14-10-16-11-17(14)12(2)13-7-5-4-6-8-13/h4-8,10-12H,3,9H2,1-2H3/i9D. The second kappa shape index (κ2) is 6.18. The van der Waals surface area contributed by atoms with Crippen LogP contribution in [0.25, 0.3) is 0 Å². The maximum Gasteiger partial charge on any atom is 0.356 e. The molecular weight excluding hydrogens is 240 g/mol. The summed E-state index contributed by atoms with van der Waals surface area (Å²) in [5.41, 5.74) is 1.45. The highest BCUT2D eigenvalue weighted by Crippen LogP contribution is 2.19. The molecular formula is C15H18N2O2. The molecule has 1 aromatic heterocycles. The summed E-state index contributed by atoms with van der Waals surface area (Å²) in [5.74, 6) is -0.507. The zero-order valence-corrected chi connectivity index (χ0v) is 11.1. The van der Waals surface area contributed by atoms with E-state index in [0.717, 1.165) is 5.56 Å². The van der Waals surface area contributed by atoms with E-state index in [0.29, 0.717) is 12.1 Å². The van der Waals surface area contributed by atoms with Crippen LogP contribution in [-0.2, 0) is 4.74 Å². The molecule has 4 heteroatoms. The molecule has 0 fully saturated rings. The van der Waals surface area contributed by atoms with Gasteiger partial charge in [-0.3, -0.25) is 0 Å². The summed E-state index contributed by atoms with van der Waals surface area (Å²) in [6, 6.07) is 9.84. The number of hydrogen-bond donors (Lipinski definition) is 0. The molecule has 1 heterocycles. The van der Waals surface area contributed by atoms with Crippen molar-refractivity contribution in [3.8, 4) is 0 Å². The van der Waals surface area contributed by atoms with Crippen molar-refractivity contribution in [3.63, 3.8) is 0 Å². The molecule has 2 rings (SSSR count). The number of imidazole rings is 1.